The van der Waals surface area contributed by atoms with Gasteiger partial charge in [-0.25, -0.2) is 13.1 Å². The van der Waals surface area contributed by atoms with Crippen molar-refractivity contribution in [3.63, 3.8) is 0 Å². The maximum atomic E-state index is 13.3. The summed E-state index contributed by atoms with van der Waals surface area (Å²) in [4.78, 5) is 22.0. The van der Waals surface area contributed by atoms with Crippen molar-refractivity contribution in [3.8, 4) is 0 Å². The Bertz CT molecular complexity index is 1010. The van der Waals surface area contributed by atoms with E-state index in [0.29, 0.717) is 11.1 Å². The van der Waals surface area contributed by atoms with Crippen LogP contribution in [0.15, 0.2) is 35.2 Å². The number of sulfonamides is 1. The lowest BCUT2D eigenvalue weighted by atomic mass is 10.1. The molecule has 2 rings (SSSR count). The van der Waals surface area contributed by atoms with E-state index >= 15 is 0 Å². The molecule has 2 aromatic carbocycles. The summed E-state index contributed by atoms with van der Waals surface area (Å²) >= 11 is 0. The summed E-state index contributed by atoms with van der Waals surface area (Å²) < 4.78 is 40.7. The highest BCUT2D eigenvalue weighted by molar-refractivity contribution is 7.89. The summed E-state index contributed by atoms with van der Waals surface area (Å²) in [6.45, 7) is 5.10. The highest BCUT2D eigenvalue weighted by Gasteiger charge is 2.20. The second kappa shape index (κ2) is 8.44. The Morgan fingerprint density at radius 3 is 2.32 bits per heavy atom. The summed E-state index contributed by atoms with van der Waals surface area (Å²) in [5.41, 5.74) is 1.44. The Morgan fingerprint density at radius 1 is 1.14 bits per heavy atom. The van der Waals surface area contributed by atoms with E-state index < -0.39 is 32.4 Å². The smallest absolute Gasteiger partial charge is 0.306 e. The molecule has 0 aliphatic heterocycles. The molecule has 1 amide bonds. The number of anilines is 1. The Morgan fingerprint density at radius 2 is 1.75 bits per heavy atom. The molecule has 0 radical (unpaired) electrons. The number of benzene rings is 2. The first-order valence-corrected chi connectivity index (χ1v) is 9.81. The summed E-state index contributed by atoms with van der Waals surface area (Å²) in [6, 6.07) is 6.48. The molecule has 0 aromatic heterocycles. The van der Waals surface area contributed by atoms with Crippen LogP contribution in [0.4, 0.5) is 15.8 Å². The van der Waals surface area contributed by atoms with Crippen LogP contribution in [-0.2, 0) is 14.8 Å². The van der Waals surface area contributed by atoms with Crippen LogP contribution in [0, 0.1) is 36.7 Å². The number of hydrogen-bond acceptors (Lipinski definition) is 5. The predicted molar refractivity (Wildman–Crippen MR) is 102 cm³/mol. The van der Waals surface area contributed by atoms with Crippen LogP contribution < -0.4 is 10.0 Å². The fourth-order valence-corrected chi connectivity index (χ4v) is 4.40. The monoisotopic (exact) mass is 409 g/mol. The van der Waals surface area contributed by atoms with E-state index in [0.717, 1.165) is 17.7 Å². The fourth-order valence-electron chi connectivity index (χ4n) is 2.92. The SMILES string of the molecule is Cc1cc(C)c(S(=O)(=O)NCCC(=O)Nc2ccc(F)c([N+](=O)[O-])c2)c(C)c1. The molecule has 0 bridgehead atoms. The molecule has 0 heterocycles. The van der Waals surface area contributed by atoms with Gasteiger partial charge >= 0.3 is 5.69 Å². The summed E-state index contributed by atoms with van der Waals surface area (Å²) in [5.74, 6) is -1.58. The van der Waals surface area contributed by atoms with E-state index in [9.17, 15) is 27.7 Å². The van der Waals surface area contributed by atoms with E-state index in [1.165, 1.54) is 6.07 Å². The topological polar surface area (TPSA) is 118 Å². The minimum atomic E-state index is -3.80. The maximum absolute atomic E-state index is 13.3. The van der Waals surface area contributed by atoms with E-state index in [2.05, 4.69) is 10.0 Å². The summed E-state index contributed by atoms with van der Waals surface area (Å²) in [6.07, 6.45) is -0.200. The van der Waals surface area contributed by atoms with Gasteiger partial charge in [-0.3, -0.25) is 14.9 Å². The molecule has 0 spiro atoms. The highest BCUT2D eigenvalue weighted by atomic mass is 32.2. The van der Waals surface area contributed by atoms with E-state index in [1.807, 2.05) is 6.92 Å². The van der Waals surface area contributed by atoms with Gasteiger partial charge in [0, 0.05) is 24.7 Å². The largest absolute Gasteiger partial charge is 0.326 e. The van der Waals surface area contributed by atoms with Gasteiger partial charge in [0.25, 0.3) is 0 Å². The standard InChI is InChI=1S/C18H20FN3O5S/c1-11-8-12(2)18(13(3)9-11)28(26,27)20-7-6-17(23)21-14-4-5-15(19)16(10-14)22(24)25/h4-5,8-10,20H,6-7H2,1-3H3,(H,21,23). The summed E-state index contributed by atoms with van der Waals surface area (Å²) in [7, 11) is -3.80. The van der Waals surface area contributed by atoms with Gasteiger partial charge in [0.05, 0.1) is 9.82 Å². The van der Waals surface area contributed by atoms with Crippen LogP contribution in [-0.4, -0.2) is 25.8 Å². The van der Waals surface area contributed by atoms with E-state index in [4.69, 9.17) is 0 Å². The molecule has 2 N–H and O–H groups in total. The van der Waals surface area contributed by atoms with Crippen LogP contribution in [0.2, 0.25) is 0 Å². The number of hydrogen-bond donors (Lipinski definition) is 2. The van der Waals surface area contributed by atoms with Gasteiger partial charge in [-0.05, 0) is 44.0 Å². The third-order valence-corrected chi connectivity index (χ3v) is 5.71. The Kier molecular flexibility index (Phi) is 6.47. The number of rotatable bonds is 7. The molecule has 0 saturated heterocycles. The zero-order valence-corrected chi connectivity index (χ0v) is 16.4. The molecule has 150 valence electrons. The lowest BCUT2D eigenvalue weighted by Crippen LogP contribution is -2.29. The molecule has 0 unspecified atom stereocenters. The lowest BCUT2D eigenvalue weighted by molar-refractivity contribution is -0.387. The molecule has 10 heteroatoms. The average molecular weight is 409 g/mol. The van der Waals surface area contributed by atoms with Gasteiger partial charge in [-0.1, -0.05) is 17.7 Å². The van der Waals surface area contributed by atoms with Crippen molar-refractivity contribution in [2.75, 3.05) is 11.9 Å². The Labute approximate surface area is 162 Å². The quantitative estimate of drug-likeness (QED) is 0.538. The third kappa shape index (κ3) is 5.11. The van der Waals surface area contributed by atoms with Gasteiger partial charge in [0.15, 0.2) is 0 Å². The van der Waals surface area contributed by atoms with Crippen molar-refractivity contribution in [1.29, 1.82) is 0 Å². The number of carbonyl (C=O) groups is 1. The molecule has 0 aliphatic carbocycles. The average Bonchev–Trinajstić information content (AvgIpc) is 2.54. The first kappa shape index (κ1) is 21.5. The van der Waals surface area contributed by atoms with Gasteiger partial charge in [0.1, 0.15) is 0 Å². The van der Waals surface area contributed by atoms with Crippen LogP contribution >= 0.6 is 0 Å². The maximum Gasteiger partial charge on any atom is 0.306 e. The zero-order chi connectivity index (χ0) is 21.1. The molecule has 0 aliphatic rings. The van der Waals surface area contributed by atoms with Gasteiger partial charge in [0.2, 0.25) is 21.7 Å². The fraction of sp³-hybridized carbons (Fsp3) is 0.278. The van der Waals surface area contributed by atoms with Crippen molar-refractivity contribution in [2.24, 2.45) is 0 Å². The van der Waals surface area contributed by atoms with Gasteiger partial charge in [-0.15, -0.1) is 0 Å². The van der Waals surface area contributed by atoms with Gasteiger partial charge in [-0.2, -0.15) is 4.39 Å². The van der Waals surface area contributed by atoms with Crippen molar-refractivity contribution in [1.82, 2.24) is 4.72 Å². The molecule has 8 nitrogen and oxygen atoms in total. The van der Waals surface area contributed by atoms with Crippen LogP contribution in [0.1, 0.15) is 23.1 Å². The first-order chi connectivity index (χ1) is 13.0. The van der Waals surface area contributed by atoms with Crippen molar-refractivity contribution < 1.29 is 22.5 Å². The number of aryl methyl sites for hydroxylation is 3. The van der Waals surface area contributed by atoms with E-state index in [-0.39, 0.29) is 23.5 Å². The predicted octanol–water partition coefficient (Wildman–Crippen LogP) is 2.97. The second-order valence-corrected chi connectivity index (χ2v) is 8.05. The molecule has 2 aromatic rings. The number of nitrogens with zero attached hydrogens (tertiary/aromatic N) is 1. The summed E-state index contributed by atoms with van der Waals surface area (Å²) in [5, 5.41) is 13.1. The number of nitro groups is 1. The number of halogens is 1. The molecule has 0 fully saturated rings. The number of amides is 1. The Hall–Kier alpha value is -2.85. The number of nitro benzene ring substituents is 1. The molecule has 0 atom stereocenters. The third-order valence-electron chi connectivity index (χ3n) is 3.94. The van der Waals surface area contributed by atoms with Crippen LogP contribution in [0.3, 0.4) is 0 Å². The van der Waals surface area contributed by atoms with Crippen molar-refractivity contribution >= 4 is 27.3 Å². The molecule has 28 heavy (non-hydrogen) atoms. The zero-order valence-electron chi connectivity index (χ0n) is 15.6. The second-order valence-electron chi connectivity index (χ2n) is 6.35. The van der Waals surface area contributed by atoms with Gasteiger partial charge < -0.3 is 5.32 Å². The number of carbonyl (C=O) groups excluding carboxylic acids is 1. The minimum Gasteiger partial charge on any atom is -0.326 e. The molecular formula is C18H20FN3O5S. The molecule has 0 saturated carbocycles. The lowest BCUT2D eigenvalue weighted by Gasteiger charge is -2.13. The van der Waals surface area contributed by atoms with Crippen molar-refractivity contribution in [2.45, 2.75) is 32.1 Å². The number of nitrogens with one attached hydrogen (secondary N) is 2. The van der Waals surface area contributed by atoms with Crippen molar-refractivity contribution in [3.05, 3.63) is 63.0 Å². The van der Waals surface area contributed by atoms with Crippen LogP contribution in [0.25, 0.3) is 0 Å². The van der Waals surface area contributed by atoms with Crippen LogP contribution in [0.5, 0.6) is 0 Å². The minimum absolute atomic E-state index is 0.0474. The first-order valence-electron chi connectivity index (χ1n) is 8.32. The Balaban J connectivity index is 2.01. The normalized spacial score (nSPS) is 11.3. The van der Waals surface area contributed by atoms with E-state index in [1.54, 1.807) is 26.0 Å². The highest BCUT2D eigenvalue weighted by Crippen LogP contribution is 2.22. The molecular weight excluding hydrogens is 389 g/mol.